The third-order valence-electron chi connectivity index (χ3n) is 4.80. The third kappa shape index (κ3) is 4.93. The summed E-state index contributed by atoms with van der Waals surface area (Å²) in [5, 5.41) is 0. The number of hydrogen-bond donors (Lipinski definition) is 0. The number of halogens is 1. The Bertz CT molecular complexity index is 904. The van der Waals surface area contributed by atoms with E-state index in [4.69, 9.17) is 9.47 Å². The summed E-state index contributed by atoms with van der Waals surface area (Å²) >= 11 is 0. The second-order valence-corrected chi connectivity index (χ2v) is 6.57. The highest BCUT2D eigenvalue weighted by atomic mass is 19.1. The normalized spacial score (nSPS) is 14.2. The minimum atomic E-state index is -0.377. The van der Waals surface area contributed by atoms with Crippen molar-refractivity contribution < 1.29 is 23.5 Å². The van der Waals surface area contributed by atoms with Gasteiger partial charge in [0.05, 0.1) is 14.2 Å². The maximum absolute atomic E-state index is 13.0. The molecule has 0 radical (unpaired) electrons. The van der Waals surface area contributed by atoms with Gasteiger partial charge in [-0.1, -0.05) is 6.07 Å². The minimum absolute atomic E-state index is 0.117. The number of carbonyl (C=O) groups is 2. The van der Waals surface area contributed by atoms with Gasteiger partial charge in [0.25, 0.3) is 5.91 Å². The van der Waals surface area contributed by atoms with E-state index in [1.165, 1.54) is 30.3 Å². The lowest BCUT2D eigenvalue weighted by Gasteiger charge is -2.34. The van der Waals surface area contributed by atoms with Crippen LogP contribution in [0.15, 0.2) is 48.5 Å². The van der Waals surface area contributed by atoms with Crippen molar-refractivity contribution in [1.82, 2.24) is 9.80 Å². The van der Waals surface area contributed by atoms with Crippen molar-refractivity contribution >= 4 is 17.9 Å². The van der Waals surface area contributed by atoms with E-state index < -0.39 is 0 Å². The van der Waals surface area contributed by atoms with Crippen LogP contribution < -0.4 is 9.47 Å². The number of methoxy groups -OCH3 is 2. The highest BCUT2D eigenvalue weighted by Crippen LogP contribution is 2.28. The monoisotopic (exact) mass is 398 g/mol. The second kappa shape index (κ2) is 9.23. The van der Waals surface area contributed by atoms with Gasteiger partial charge in [-0.3, -0.25) is 9.59 Å². The molecule has 3 rings (SSSR count). The van der Waals surface area contributed by atoms with E-state index in [1.54, 1.807) is 42.2 Å². The number of amides is 2. The van der Waals surface area contributed by atoms with Crippen molar-refractivity contribution in [2.24, 2.45) is 0 Å². The van der Waals surface area contributed by atoms with Gasteiger partial charge in [-0.25, -0.2) is 4.39 Å². The molecule has 0 unspecified atom stereocenters. The first-order chi connectivity index (χ1) is 14.0. The van der Waals surface area contributed by atoms with Gasteiger partial charge >= 0.3 is 0 Å². The molecule has 2 amide bonds. The molecule has 0 atom stereocenters. The molecule has 2 aromatic rings. The standard InChI is InChI=1S/C22H23FN2O4/c1-28-19-9-3-16(15-20(19)29-2)4-10-21(26)24-11-13-25(14-12-24)22(27)17-5-7-18(23)8-6-17/h3-10,15H,11-14H2,1-2H3/b10-4+. The molecule has 6 nitrogen and oxygen atoms in total. The van der Waals surface area contributed by atoms with Gasteiger partial charge in [-0.2, -0.15) is 0 Å². The van der Waals surface area contributed by atoms with Gasteiger partial charge in [-0.05, 0) is 48.0 Å². The van der Waals surface area contributed by atoms with Crippen LogP contribution in [0.3, 0.4) is 0 Å². The van der Waals surface area contributed by atoms with Crippen LogP contribution in [-0.4, -0.2) is 62.0 Å². The molecular weight excluding hydrogens is 375 g/mol. The third-order valence-corrected chi connectivity index (χ3v) is 4.80. The van der Waals surface area contributed by atoms with Crippen LogP contribution in [0, 0.1) is 5.82 Å². The number of rotatable bonds is 5. The van der Waals surface area contributed by atoms with Crippen LogP contribution >= 0.6 is 0 Å². The Kier molecular flexibility index (Phi) is 6.49. The highest BCUT2D eigenvalue weighted by molar-refractivity contribution is 5.95. The molecule has 7 heteroatoms. The van der Waals surface area contributed by atoms with Gasteiger partial charge in [0.2, 0.25) is 5.91 Å². The molecule has 2 aromatic carbocycles. The van der Waals surface area contributed by atoms with E-state index in [-0.39, 0.29) is 17.6 Å². The molecule has 0 aliphatic carbocycles. The molecular formula is C22H23FN2O4. The maximum Gasteiger partial charge on any atom is 0.253 e. The van der Waals surface area contributed by atoms with Crippen molar-refractivity contribution in [3.63, 3.8) is 0 Å². The Morgan fingerprint density at radius 1 is 0.897 bits per heavy atom. The number of piperazine rings is 1. The van der Waals surface area contributed by atoms with E-state index in [2.05, 4.69) is 0 Å². The zero-order chi connectivity index (χ0) is 20.8. The SMILES string of the molecule is COc1ccc(/C=C/C(=O)N2CCN(C(=O)c3ccc(F)cc3)CC2)cc1OC. The smallest absolute Gasteiger partial charge is 0.253 e. The van der Waals surface area contributed by atoms with Crippen molar-refractivity contribution in [2.75, 3.05) is 40.4 Å². The van der Waals surface area contributed by atoms with Crippen LogP contribution in [0.25, 0.3) is 6.08 Å². The van der Waals surface area contributed by atoms with Gasteiger partial charge in [0.1, 0.15) is 5.82 Å². The molecule has 152 valence electrons. The highest BCUT2D eigenvalue weighted by Gasteiger charge is 2.23. The largest absolute Gasteiger partial charge is 0.493 e. The van der Waals surface area contributed by atoms with E-state index in [0.717, 1.165) is 5.56 Å². The lowest BCUT2D eigenvalue weighted by atomic mass is 10.1. The summed E-state index contributed by atoms with van der Waals surface area (Å²) in [6.07, 6.45) is 3.24. The molecule has 0 saturated carbocycles. The van der Waals surface area contributed by atoms with Crippen molar-refractivity contribution in [3.05, 3.63) is 65.5 Å². The zero-order valence-electron chi connectivity index (χ0n) is 16.4. The van der Waals surface area contributed by atoms with Crippen molar-refractivity contribution in [2.45, 2.75) is 0 Å². The van der Waals surface area contributed by atoms with Gasteiger partial charge in [0, 0.05) is 37.8 Å². The van der Waals surface area contributed by atoms with Crippen LogP contribution in [0.5, 0.6) is 11.5 Å². The lowest BCUT2D eigenvalue weighted by Crippen LogP contribution is -2.50. The second-order valence-electron chi connectivity index (χ2n) is 6.57. The summed E-state index contributed by atoms with van der Waals surface area (Å²) in [6.45, 7) is 1.77. The average Bonchev–Trinajstić information content (AvgIpc) is 2.77. The van der Waals surface area contributed by atoms with Crippen molar-refractivity contribution in [3.8, 4) is 11.5 Å². The molecule has 1 fully saturated rings. The molecule has 0 aromatic heterocycles. The molecule has 1 aliphatic rings. The number of benzene rings is 2. The van der Waals surface area contributed by atoms with Gasteiger partial charge in [-0.15, -0.1) is 0 Å². The number of carbonyl (C=O) groups excluding carboxylic acids is 2. The minimum Gasteiger partial charge on any atom is -0.493 e. The fourth-order valence-corrected chi connectivity index (χ4v) is 3.13. The Morgan fingerprint density at radius 3 is 2.14 bits per heavy atom. The van der Waals surface area contributed by atoms with E-state index in [0.29, 0.717) is 43.2 Å². The lowest BCUT2D eigenvalue weighted by molar-refractivity contribution is -0.127. The molecule has 0 N–H and O–H groups in total. The first-order valence-corrected chi connectivity index (χ1v) is 9.25. The average molecular weight is 398 g/mol. The van der Waals surface area contributed by atoms with E-state index in [9.17, 15) is 14.0 Å². The topological polar surface area (TPSA) is 59.1 Å². The summed E-state index contributed by atoms with van der Waals surface area (Å²) in [6, 6.07) is 10.9. The Morgan fingerprint density at radius 2 is 1.52 bits per heavy atom. The summed E-state index contributed by atoms with van der Waals surface area (Å²) in [4.78, 5) is 28.3. The van der Waals surface area contributed by atoms with Crippen LogP contribution in [0.1, 0.15) is 15.9 Å². The Hall–Kier alpha value is -3.35. The summed E-state index contributed by atoms with van der Waals surface area (Å²) < 4.78 is 23.5. The predicted octanol–water partition coefficient (Wildman–Crippen LogP) is 2.84. The summed E-state index contributed by atoms with van der Waals surface area (Å²) in [7, 11) is 3.13. The molecule has 1 heterocycles. The molecule has 29 heavy (non-hydrogen) atoms. The first kappa shape index (κ1) is 20.4. The number of nitrogens with zero attached hydrogens (tertiary/aromatic N) is 2. The Balaban J connectivity index is 1.56. The van der Waals surface area contributed by atoms with E-state index in [1.807, 2.05) is 6.07 Å². The Labute approximate surface area is 169 Å². The fourth-order valence-electron chi connectivity index (χ4n) is 3.13. The van der Waals surface area contributed by atoms with Crippen LogP contribution in [-0.2, 0) is 4.79 Å². The van der Waals surface area contributed by atoms with Crippen molar-refractivity contribution in [1.29, 1.82) is 0 Å². The number of ether oxygens (including phenoxy) is 2. The molecule has 1 saturated heterocycles. The number of hydrogen-bond acceptors (Lipinski definition) is 4. The quantitative estimate of drug-likeness (QED) is 0.727. The molecule has 0 bridgehead atoms. The molecule has 0 spiro atoms. The fraction of sp³-hybridized carbons (Fsp3) is 0.273. The van der Waals surface area contributed by atoms with Gasteiger partial charge in [0.15, 0.2) is 11.5 Å². The first-order valence-electron chi connectivity index (χ1n) is 9.25. The van der Waals surface area contributed by atoms with E-state index >= 15 is 0 Å². The molecule has 1 aliphatic heterocycles. The zero-order valence-corrected chi connectivity index (χ0v) is 16.4. The maximum atomic E-state index is 13.0. The van der Waals surface area contributed by atoms with Gasteiger partial charge < -0.3 is 19.3 Å². The summed E-state index contributed by atoms with van der Waals surface area (Å²) in [5.74, 6) is 0.567. The predicted molar refractivity (Wildman–Crippen MR) is 107 cm³/mol. The van der Waals surface area contributed by atoms with Crippen LogP contribution in [0.2, 0.25) is 0 Å². The van der Waals surface area contributed by atoms with Crippen LogP contribution in [0.4, 0.5) is 4.39 Å². The summed E-state index contributed by atoms with van der Waals surface area (Å²) in [5.41, 5.74) is 1.26.